The molecular weight excluding hydrogens is 378 g/mol. The van der Waals surface area contributed by atoms with E-state index in [0.717, 1.165) is 19.3 Å². The smallest absolute Gasteiger partial charge is 0.251 e. The van der Waals surface area contributed by atoms with Gasteiger partial charge in [-0.25, -0.2) is 9.67 Å². The average molecular weight is 404 g/mol. The number of nitrogens with one attached hydrogen (secondary N) is 1. The molecular formula is C20H26ClN5O2. The second-order valence-electron chi connectivity index (χ2n) is 7.28. The fourth-order valence-corrected chi connectivity index (χ4v) is 3.59. The third-order valence-corrected chi connectivity index (χ3v) is 5.71. The Morgan fingerprint density at radius 3 is 2.50 bits per heavy atom. The van der Waals surface area contributed by atoms with Crippen molar-refractivity contribution in [2.45, 2.75) is 45.2 Å². The number of nitrogens with zero attached hydrogens (tertiary/aromatic N) is 4. The van der Waals surface area contributed by atoms with E-state index >= 15 is 0 Å². The number of hydrogen-bond donors (Lipinski definition) is 1. The Balaban J connectivity index is 1.65. The Morgan fingerprint density at radius 2 is 1.93 bits per heavy atom. The second-order valence-corrected chi connectivity index (χ2v) is 7.71. The number of carbonyl (C=O) groups is 2. The van der Waals surface area contributed by atoms with Gasteiger partial charge in [0, 0.05) is 23.7 Å². The Bertz CT molecular complexity index is 785. The van der Waals surface area contributed by atoms with Crippen molar-refractivity contribution in [2.24, 2.45) is 5.92 Å². The molecule has 1 aliphatic heterocycles. The molecule has 2 atom stereocenters. The van der Waals surface area contributed by atoms with Crippen LogP contribution in [0.3, 0.4) is 0 Å². The van der Waals surface area contributed by atoms with Crippen LogP contribution in [0, 0.1) is 5.92 Å². The topological polar surface area (TPSA) is 80.1 Å². The predicted octanol–water partition coefficient (Wildman–Crippen LogP) is 2.94. The number of benzene rings is 1. The molecule has 7 nitrogen and oxygen atoms in total. The standard InChI is InChI=1S/C20H26ClN5O2/c1-3-14(2)18(24-19(27)15-4-6-16(21)7-5-15)20(28)25-10-8-17(9-11-25)26-13-22-12-23-26/h4-7,12-14,17-18H,3,8-11H2,1-2H3,(H,24,27). The largest absolute Gasteiger partial charge is 0.341 e. The predicted molar refractivity (Wildman–Crippen MR) is 107 cm³/mol. The van der Waals surface area contributed by atoms with Crippen LogP contribution in [0.1, 0.15) is 49.5 Å². The van der Waals surface area contributed by atoms with Gasteiger partial charge in [-0.05, 0) is 43.0 Å². The number of rotatable bonds is 6. The summed E-state index contributed by atoms with van der Waals surface area (Å²) in [5.41, 5.74) is 0.496. The van der Waals surface area contributed by atoms with Crippen molar-refractivity contribution in [2.75, 3.05) is 13.1 Å². The Labute approximate surface area is 170 Å². The fourth-order valence-electron chi connectivity index (χ4n) is 3.46. The summed E-state index contributed by atoms with van der Waals surface area (Å²) in [5.74, 6) is -0.238. The van der Waals surface area contributed by atoms with E-state index in [1.54, 1.807) is 30.6 Å². The average Bonchev–Trinajstić information content (AvgIpc) is 3.26. The summed E-state index contributed by atoms with van der Waals surface area (Å²) < 4.78 is 1.86. The zero-order chi connectivity index (χ0) is 20.1. The lowest BCUT2D eigenvalue weighted by molar-refractivity contribution is -0.135. The van der Waals surface area contributed by atoms with Crippen LogP contribution in [0.15, 0.2) is 36.9 Å². The quantitative estimate of drug-likeness (QED) is 0.804. The number of aromatic nitrogens is 3. The summed E-state index contributed by atoms with van der Waals surface area (Å²) in [6.07, 6.45) is 5.70. The van der Waals surface area contributed by atoms with E-state index in [0.29, 0.717) is 23.7 Å². The molecule has 3 rings (SSSR count). The highest BCUT2D eigenvalue weighted by atomic mass is 35.5. The molecule has 1 fully saturated rings. The molecule has 0 bridgehead atoms. The van der Waals surface area contributed by atoms with Crippen molar-refractivity contribution in [1.82, 2.24) is 25.0 Å². The van der Waals surface area contributed by atoms with Crippen LogP contribution < -0.4 is 5.32 Å². The molecule has 1 aromatic carbocycles. The number of halogens is 1. The molecule has 28 heavy (non-hydrogen) atoms. The van der Waals surface area contributed by atoms with Gasteiger partial charge in [0.15, 0.2) is 0 Å². The Hall–Kier alpha value is -2.41. The fraction of sp³-hybridized carbons (Fsp3) is 0.500. The van der Waals surface area contributed by atoms with E-state index in [4.69, 9.17) is 11.6 Å². The van der Waals surface area contributed by atoms with Crippen LogP contribution in [0.25, 0.3) is 0 Å². The van der Waals surface area contributed by atoms with E-state index in [9.17, 15) is 9.59 Å². The van der Waals surface area contributed by atoms with Gasteiger partial charge in [0.1, 0.15) is 18.7 Å². The number of amides is 2. The third kappa shape index (κ3) is 4.70. The highest BCUT2D eigenvalue weighted by Crippen LogP contribution is 2.23. The SMILES string of the molecule is CCC(C)C(NC(=O)c1ccc(Cl)cc1)C(=O)N1CCC(n2cncn2)CC1. The van der Waals surface area contributed by atoms with Crippen molar-refractivity contribution >= 4 is 23.4 Å². The van der Waals surface area contributed by atoms with Crippen molar-refractivity contribution in [1.29, 1.82) is 0 Å². The minimum Gasteiger partial charge on any atom is -0.341 e. The molecule has 1 saturated heterocycles. The molecule has 2 aromatic rings. The maximum absolute atomic E-state index is 13.2. The summed E-state index contributed by atoms with van der Waals surface area (Å²) in [7, 11) is 0. The molecule has 8 heteroatoms. The summed E-state index contributed by atoms with van der Waals surface area (Å²) in [5, 5.41) is 7.71. The summed E-state index contributed by atoms with van der Waals surface area (Å²) >= 11 is 5.89. The Morgan fingerprint density at radius 1 is 1.25 bits per heavy atom. The minimum atomic E-state index is -0.545. The molecule has 1 aromatic heterocycles. The van der Waals surface area contributed by atoms with Crippen LogP contribution in [-0.4, -0.2) is 50.6 Å². The van der Waals surface area contributed by atoms with Gasteiger partial charge in [-0.1, -0.05) is 31.9 Å². The van der Waals surface area contributed by atoms with E-state index in [2.05, 4.69) is 15.4 Å². The van der Waals surface area contributed by atoms with Crippen LogP contribution in [-0.2, 0) is 4.79 Å². The number of likely N-dealkylation sites (tertiary alicyclic amines) is 1. The van der Waals surface area contributed by atoms with Gasteiger partial charge in [0.05, 0.1) is 6.04 Å². The normalized spacial score (nSPS) is 17.2. The molecule has 0 radical (unpaired) electrons. The summed E-state index contributed by atoms with van der Waals surface area (Å²) in [6, 6.07) is 6.39. The van der Waals surface area contributed by atoms with Gasteiger partial charge in [-0.2, -0.15) is 5.10 Å². The van der Waals surface area contributed by atoms with Crippen LogP contribution in [0.2, 0.25) is 5.02 Å². The molecule has 0 aliphatic carbocycles. The number of piperidine rings is 1. The lowest BCUT2D eigenvalue weighted by Gasteiger charge is -2.35. The van der Waals surface area contributed by atoms with Crippen LogP contribution >= 0.6 is 11.6 Å². The van der Waals surface area contributed by atoms with Crippen molar-refractivity contribution in [3.8, 4) is 0 Å². The second kappa shape index (κ2) is 9.19. The number of carbonyl (C=O) groups excluding carboxylic acids is 2. The molecule has 2 heterocycles. The van der Waals surface area contributed by atoms with Gasteiger partial charge in [-0.15, -0.1) is 0 Å². The molecule has 2 amide bonds. The van der Waals surface area contributed by atoms with Crippen molar-refractivity contribution < 1.29 is 9.59 Å². The van der Waals surface area contributed by atoms with Crippen LogP contribution in [0.4, 0.5) is 0 Å². The van der Waals surface area contributed by atoms with E-state index in [1.165, 1.54) is 6.33 Å². The minimum absolute atomic E-state index is 0.0197. The number of hydrogen-bond acceptors (Lipinski definition) is 4. The zero-order valence-corrected chi connectivity index (χ0v) is 17.0. The highest BCUT2D eigenvalue weighted by molar-refractivity contribution is 6.30. The summed E-state index contributed by atoms with van der Waals surface area (Å²) in [4.78, 5) is 31.7. The van der Waals surface area contributed by atoms with Gasteiger partial charge in [0.25, 0.3) is 5.91 Å². The lowest BCUT2D eigenvalue weighted by Crippen LogP contribution is -2.53. The molecule has 150 valence electrons. The molecule has 0 saturated carbocycles. The first-order valence-corrected chi connectivity index (χ1v) is 10.1. The Kier molecular flexibility index (Phi) is 6.67. The van der Waals surface area contributed by atoms with Gasteiger partial charge < -0.3 is 10.2 Å². The highest BCUT2D eigenvalue weighted by Gasteiger charge is 2.32. The molecule has 1 aliphatic rings. The first-order valence-electron chi connectivity index (χ1n) is 9.69. The maximum atomic E-state index is 13.2. The van der Waals surface area contributed by atoms with E-state index in [-0.39, 0.29) is 23.8 Å². The third-order valence-electron chi connectivity index (χ3n) is 5.46. The van der Waals surface area contributed by atoms with Crippen molar-refractivity contribution in [3.63, 3.8) is 0 Å². The maximum Gasteiger partial charge on any atom is 0.251 e. The van der Waals surface area contributed by atoms with E-state index in [1.807, 2.05) is 23.4 Å². The monoisotopic (exact) mass is 403 g/mol. The van der Waals surface area contributed by atoms with Gasteiger partial charge in [-0.3, -0.25) is 9.59 Å². The molecule has 2 unspecified atom stereocenters. The summed E-state index contributed by atoms with van der Waals surface area (Å²) in [6.45, 7) is 5.31. The first kappa shape index (κ1) is 20.3. The van der Waals surface area contributed by atoms with Gasteiger partial charge >= 0.3 is 0 Å². The van der Waals surface area contributed by atoms with E-state index < -0.39 is 6.04 Å². The molecule has 1 N–H and O–H groups in total. The lowest BCUT2D eigenvalue weighted by atomic mass is 9.95. The van der Waals surface area contributed by atoms with Gasteiger partial charge in [0.2, 0.25) is 5.91 Å². The van der Waals surface area contributed by atoms with Crippen LogP contribution in [0.5, 0.6) is 0 Å². The van der Waals surface area contributed by atoms with Crippen molar-refractivity contribution in [3.05, 3.63) is 47.5 Å². The zero-order valence-electron chi connectivity index (χ0n) is 16.2. The first-order chi connectivity index (χ1) is 13.5. The molecule has 0 spiro atoms.